The Hall–Kier alpha value is -0.430. The van der Waals surface area contributed by atoms with Gasteiger partial charge in [-0.2, -0.15) is 8.78 Å². The molecule has 128 valence electrons. The fourth-order valence-corrected chi connectivity index (χ4v) is 2.79. The van der Waals surface area contributed by atoms with Gasteiger partial charge in [-0.25, -0.2) is 4.98 Å². The Morgan fingerprint density at radius 2 is 1.86 bits per heavy atom. The summed E-state index contributed by atoms with van der Waals surface area (Å²) in [5, 5.41) is 3.63. The number of aromatic nitrogens is 2. The van der Waals surface area contributed by atoms with E-state index >= 15 is 0 Å². The zero-order valence-corrected chi connectivity index (χ0v) is 14.1. The lowest BCUT2D eigenvalue weighted by molar-refractivity contribution is 0.0627. The zero-order chi connectivity index (χ0) is 13.9. The predicted octanol–water partition coefficient (Wildman–Crippen LogP) is 3.09. The third-order valence-corrected chi connectivity index (χ3v) is 4.30. The van der Waals surface area contributed by atoms with Crippen molar-refractivity contribution in [3.05, 3.63) is 18.2 Å². The summed E-state index contributed by atoms with van der Waals surface area (Å²) in [6.45, 7) is 1.09. The molecule has 0 radical (unpaired) electrons. The van der Waals surface area contributed by atoms with Crippen LogP contribution in [0, 0.1) is 5.92 Å². The van der Waals surface area contributed by atoms with E-state index in [4.69, 9.17) is 0 Å². The van der Waals surface area contributed by atoms with E-state index < -0.39 is 6.55 Å². The smallest absolute Gasteiger partial charge is 0.314 e. The summed E-state index contributed by atoms with van der Waals surface area (Å²) in [5.74, 6) is 1.37. The topological polar surface area (TPSA) is 33.1 Å². The third-order valence-electron chi connectivity index (χ3n) is 4.30. The van der Waals surface area contributed by atoms with Crippen LogP contribution in [0.3, 0.4) is 0 Å². The first-order valence-corrected chi connectivity index (χ1v) is 7.48. The van der Waals surface area contributed by atoms with E-state index in [0.29, 0.717) is 18.4 Å². The first-order chi connectivity index (χ1) is 9.72. The van der Waals surface area contributed by atoms with Gasteiger partial charge in [-0.05, 0) is 38.1 Å². The van der Waals surface area contributed by atoms with Crippen molar-refractivity contribution in [2.45, 2.75) is 44.8 Å². The molecule has 0 bridgehead atoms. The number of alkyl halides is 2. The summed E-state index contributed by atoms with van der Waals surface area (Å²) in [6.07, 6.45) is 7.75. The van der Waals surface area contributed by atoms with Crippen LogP contribution in [-0.2, 0) is 6.54 Å². The molecule has 0 aromatic carbocycles. The SMILES string of the molecule is Cl.Cl.FC(F)n1ccnc1CN1CCC(NCC2CC2)CC1. The highest BCUT2D eigenvalue weighted by atomic mass is 35.5. The molecule has 4 nitrogen and oxygen atoms in total. The maximum Gasteiger partial charge on any atom is 0.319 e. The van der Waals surface area contributed by atoms with Gasteiger partial charge >= 0.3 is 6.55 Å². The largest absolute Gasteiger partial charge is 0.319 e. The van der Waals surface area contributed by atoms with Gasteiger partial charge < -0.3 is 5.32 Å². The number of rotatable bonds is 6. The van der Waals surface area contributed by atoms with Crippen LogP contribution in [0.4, 0.5) is 8.78 Å². The predicted molar refractivity (Wildman–Crippen MR) is 87.0 cm³/mol. The average Bonchev–Trinajstić information content (AvgIpc) is 3.16. The van der Waals surface area contributed by atoms with E-state index in [0.717, 1.165) is 43.0 Å². The highest BCUT2D eigenvalue weighted by molar-refractivity contribution is 5.85. The molecule has 0 unspecified atom stereocenters. The van der Waals surface area contributed by atoms with Crippen LogP contribution < -0.4 is 5.32 Å². The van der Waals surface area contributed by atoms with Gasteiger partial charge in [-0.3, -0.25) is 9.47 Å². The molecule has 0 spiro atoms. The highest BCUT2D eigenvalue weighted by Gasteiger charge is 2.25. The van der Waals surface area contributed by atoms with E-state index in [2.05, 4.69) is 15.2 Å². The third kappa shape index (κ3) is 5.33. The molecule has 2 aliphatic rings. The van der Waals surface area contributed by atoms with Gasteiger partial charge in [0.2, 0.25) is 0 Å². The van der Waals surface area contributed by atoms with E-state index in [9.17, 15) is 8.78 Å². The molecule has 1 aliphatic heterocycles. The van der Waals surface area contributed by atoms with E-state index in [-0.39, 0.29) is 24.8 Å². The van der Waals surface area contributed by atoms with Gasteiger partial charge in [0, 0.05) is 31.5 Å². The highest BCUT2D eigenvalue weighted by Crippen LogP contribution is 2.28. The molecule has 1 aromatic heterocycles. The Balaban J connectivity index is 0.00000121. The number of hydrogen-bond donors (Lipinski definition) is 1. The second-order valence-corrected chi connectivity index (χ2v) is 5.93. The minimum Gasteiger partial charge on any atom is -0.314 e. The molecule has 0 amide bonds. The van der Waals surface area contributed by atoms with Gasteiger partial charge in [-0.15, -0.1) is 24.8 Å². The summed E-state index contributed by atoms with van der Waals surface area (Å²) in [6, 6.07) is 0.599. The molecule has 2 fully saturated rings. The van der Waals surface area contributed by atoms with Gasteiger partial charge in [0.15, 0.2) is 0 Å². The molecule has 3 rings (SSSR count). The standard InChI is InChI=1S/C14H22F2N4.2ClH/c15-14(16)20-8-5-17-13(20)10-19-6-3-12(4-7-19)18-9-11-1-2-11;;/h5,8,11-12,14,18H,1-4,6-7,9-10H2;2*1H. The van der Waals surface area contributed by atoms with Gasteiger partial charge in [0.25, 0.3) is 0 Å². The number of hydrogen-bond acceptors (Lipinski definition) is 3. The van der Waals surface area contributed by atoms with Gasteiger partial charge in [0.05, 0.1) is 6.54 Å². The lowest BCUT2D eigenvalue weighted by Crippen LogP contribution is -2.43. The fourth-order valence-electron chi connectivity index (χ4n) is 2.79. The molecule has 1 aliphatic carbocycles. The fraction of sp³-hybridized carbons (Fsp3) is 0.786. The van der Waals surface area contributed by atoms with Gasteiger partial charge in [-0.1, -0.05) is 0 Å². The second kappa shape index (κ2) is 9.01. The lowest BCUT2D eigenvalue weighted by atomic mass is 10.0. The molecule has 1 saturated carbocycles. The summed E-state index contributed by atoms with van der Waals surface area (Å²) in [4.78, 5) is 6.26. The van der Waals surface area contributed by atoms with Crippen LogP contribution in [0.25, 0.3) is 0 Å². The Bertz CT molecular complexity index is 432. The molecule has 1 saturated heterocycles. The normalized spacial score (nSPS) is 19.8. The number of nitrogens with zero attached hydrogens (tertiary/aromatic N) is 3. The van der Waals surface area contributed by atoms with Crippen LogP contribution >= 0.6 is 24.8 Å². The van der Waals surface area contributed by atoms with Crippen LogP contribution in [-0.4, -0.2) is 40.1 Å². The maximum absolute atomic E-state index is 12.8. The Morgan fingerprint density at radius 1 is 1.18 bits per heavy atom. The summed E-state index contributed by atoms with van der Waals surface area (Å²) < 4.78 is 26.5. The van der Waals surface area contributed by atoms with Crippen molar-refractivity contribution in [2.24, 2.45) is 5.92 Å². The molecular weight excluding hydrogens is 333 g/mol. The van der Waals surface area contributed by atoms with E-state index in [1.54, 1.807) is 0 Å². The van der Waals surface area contributed by atoms with Crippen molar-refractivity contribution in [2.75, 3.05) is 19.6 Å². The number of nitrogens with one attached hydrogen (secondary N) is 1. The summed E-state index contributed by atoms with van der Waals surface area (Å²) in [5.41, 5.74) is 0. The maximum atomic E-state index is 12.8. The summed E-state index contributed by atoms with van der Waals surface area (Å²) >= 11 is 0. The van der Waals surface area contributed by atoms with E-state index in [1.807, 2.05) is 0 Å². The first-order valence-electron chi connectivity index (χ1n) is 7.48. The zero-order valence-electron chi connectivity index (χ0n) is 12.5. The molecule has 1 aromatic rings. The van der Waals surface area contributed by atoms with Crippen molar-refractivity contribution >= 4 is 24.8 Å². The summed E-state index contributed by atoms with van der Waals surface area (Å²) in [7, 11) is 0. The Kier molecular flexibility index (Phi) is 8.03. The molecule has 8 heteroatoms. The average molecular weight is 357 g/mol. The van der Waals surface area contributed by atoms with Crippen molar-refractivity contribution in [1.29, 1.82) is 0 Å². The second-order valence-electron chi connectivity index (χ2n) is 5.93. The monoisotopic (exact) mass is 356 g/mol. The van der Waals surface area contributed by atoms with Crippen LogP contribution in [0.5, 0.6) is 0 Å². The van der Waals surface area contributed by atoms with Crippen molar-refractivity contribution < 1.29 is 8.78 Å². The number of likely N-dealkylation sites (tertiary alicyclic amines) is 1. The van der Waals surface area contributed by atoms with Crippen molar-refractivity contribution in [3.63, 3.8) is 0 Å². The van der Waals surface area contributed by atoms with Crippen LogP contribution in [0.2, 0.25) is 0 Å². The molecule has 1 N–H and O–H groups in total. The quantitative estimate of drug-likeness (QED) is 0.850. The molecule has 0 atom stereocenters. The number of piperidine rings is 1. The van der Waals surface area contributed by atoms with Crippen molar-refractivity contribution in [3.8, 4) is 0 Å². The van der Waals surface area contributed by atoms with Gasteiger partial charge in [0.1, 0.15) is 5.82 Å². The van der Waals surface area contributed by atoms with E-state index in [1.165, 1.54) is 25.2 Å². The lowest BCUT2D eigenvalue weighted by Gasteiger charge is -2.32. The van der Waals surface area contributed by atoms with Crippen molar-refractivity contribution in [1.82, 2.24) is 19.8 Å². The molecule has 22 heavy (non-hydrogen) atoms. The van der Waals surface area contributed by atoms with Crippen LogP contribution in [0.1, 0.15) is 38.1 Å². The Labute approximate surface area is 142 Å². The molecule has 2 heterocycles. The van der Waals surface area contributed by atoms with Crippen LogP contribution in [0.15, 0.2) is 12.4 Å². The minimum atomic E-state index is -2.50. The molecular formula is C14H24Cl2F2N4. The number of imidazole rings is 1. The Morgan fingerprint density at radius 3 is 2.45 bits per heavy atom. The first kappa shape index (κ1) is 19.6. The minimum absolute atomic E-state index is 0. The number of halogens is 4.